The van der Waals surface area contributed by atoms with Crippen molar-refractivity contribution in [2.24, 2.45) is 11.3 Å². The number of nitrogens with one attached hydrogen (secondary N) is 1. The molecule has 24 heavy (non-hydrogen) atoms. The summed E-state index contributed by atoms with van der Waals surface area (Å²) in [5.74, 6) is 0.619. The molecule has 2 heterocycles. The maximum absolute atomic E-state index is 9.00. The third-order valence-corrected chi connectivity index (χ3v) is 5.25. The lowest BCUT2D eigenvalue weighted by molar-refractivity contribution is 0.418. The molecule has 1 saturated heterocycles. The van der Waals surface area contributed by atoms with Crippen LogP contribution in [0.5, 0.6) is 0 Å². The predicted molar refractivity (Wildman–Crippen MR) is 98.5 cm³/mol. The Bertz CT molecular complexity index is 667. The van der Waals surface area contributed by atoms with Crippen LogP contribution in [0.3, 0.4) is 0 Å². The molecule has 0 radical (unpaired) electrons. The van der Waals surface area contributed by atoms with Crippen molar-refractivity contribution >= 4 is 11.4 Å². The van der Waals surface area contributed by atoms with E-state index in [1.165, 1.54) is 24.9 Å². The Kier molecular flexibility index (Phi) is 4.54. The zero-order valence-corrected chi connectivity index (χ0v) is 15.1. The van der Waals surface area contributed by atoms with Gasteiger partial charge in [0.05, 0.1) is 35.3 Å². The normalized spacial score (nSPS) is 20.5. The van der Waals surface area contributed by atoms with Gasteiger partial charge >= 0.3 is 0 Å². The fourth-order valence-electron chi connectivity index (χ4n) is 3.60. The number of pyridine rings is 1. The summed E-state index contributed by atoms with van der Waals surface area (Å²) in [6.45, 7) is 13.1. The molecule has 1 aromatic rings. The largest absolute Gasteiger partial charge is 0.380 e. The van der Waals surface area contributed by atoms with Crippen molar-refractivity contribution in [1.29, 1.82) is 5.26 Å². The first-order valence-corrected chi connectivity index (χ1v) is 8.95. The maximum Gasteiger partial charge on any atom is 0.0859 e. The van der Waals surface area contributed by atoms with Gasteiger partial charge in [-0.1, -0.05) is 20.4 Å². The molecule has 4 heteroatoms. The second-order valence-electron chi connectivity index (χ2n) is 8.07. The van der Waals surface area contributed by atoms with Crippen LogP contribution in [0.4, 0.5) is 5.69 Å². The molecular weight excluding hydrogens is 296 g/mol. The predicted octanol–water partition coefficient (Wildman–Crippen LogP) is 3.88. The number of nitrogens with zero attached hydrogens (tertiary/aromatic N) is 3. The quantitative estimate of drug-likeness (QED) is 0.863. The first-order valence-electron chi connectivity index (χ1n) is 8.95. The van der Waals surface area contributed by atoms with E-state index in [9.17, 15) is 0 Å². The topological polar surface area (TPSA) is 52.0 Å². The Morgan fingerprint density at radius 1 is 1.50 bits per heavy atom. The molecule has 128 valence electrons. The number of hydrogen-bond acceptors (Lipinski definition) is 4. The van der Waals surface area contributed by atoms with Crippen molar-refractivity contribution in [2.75, 3.05) is 18.0 Å². The summed E-state index contributed by atoms with van der Waals surface area (Å²) < 4.78 is 0. The van der Waals surface area contributed by atoms with Gasteiger partial charge in [-0.25, -0.2) is 4.98 Å². The van der Waals surface area contributed by atoms with E-state index < -0.39 is 0 Å². The van der Waals surface area contributed by atoms with Crippen molar-refractivity contribution < 1.29 is 0 Å². The molecule has 1 N–H and O–H groups in total. The van der Waals surface area contributed by atoms with Crippen molar-refractivity contribution in [3.8, 4) is 6.07 Å². The standard InChI is InChI=1S/C20H28N4/c1-14(22-18(9-11-21)16-5-6-16)17-7-8-19(15(2)23-17)24-12-10-20(3,4)13-24/h7-8,16,18,22H,1,5-6,9-10,12-13H2,2-4H3. The maximum atomic E-state index is 9.00. The monoisotopic (exact) mass is 324 g/mol. The molecule has 2 aliphatic rings. The van der Waals surface area contributed by atoms with E-state index >= 15 is 0 Å². The minimum Gasteiger partial charge on any atom is -0.380 e. The van der Waals surface area contributed by atoms with Gasteiger partial charge in [-0.2, -0.15) is 5.26 Å². The average molecular weight is 324 g/mol. The van der Waals surface area contributed by atoms with Gasteiger partial charge in [-0.3, -0.25) is 0 Å². The van der Waals surface area contributed by atoms with Gasteiger partial charge < -0.3 is 10.2 Å². The Hall–Kier alpha value is -2.02. The summed E-state index contributed by atoms with van der Waals surface area (Å²) in [4.78, 5) is 7.21. The van der Waals surface area contributed by atoms with Crippen LogP contribution >= 0.6 is 0 Å². The lowest BCUT2D eigenvalue weighted by atomic mass is 9.93. The van der Waals surface area contributed by atoms with Gasteiger partial charge in [0, 0.05) is 19.1 Å². The van der Waals surface area contributed by atoms with Gasteiger partial charge in [0.2, 0.25) is 0 Å². The third kappa shape index (κ3) is 3.72. The minimum absolute atomic E-state index is 0.212. The van der Waals surface area contributed by atoms with Crippen molar-refractivity contribution in [3.63, 3.8) is 0 Å². The van der Waals surface area contributed by atoms with E-state index in [0.29, 0.717) is 17.8 Å². The lowest BCUT2D eigenvalue weighted by Crippen LogP contribution is -2.29. The highest BCUT2D eigenvalue weighted by Crippen LogP contribution is 2.35. The van der Waals surface area contributed by atoms with Gasteiger partial charge in [-0.05, 0) is 49.7 Å². The molecule has 2 fully saturated rings. The number of anilines is 1. The Morgan fingerprint density at radius 3 is 2.79 bits per heavy atom. The van der Waals surface area contributed by atoms with E-state index in [0.717, 1.165) is 30.2 Å². The van der Waals surface area contributed by atoms with Gasteiger partial charge in [0.15, 0.2) is 0 Å². The fourth-order valence-corrected chi connectivity index (χ4v) is 3.60. The zero-order chi connectivity index (χ0) is 17.3. The number of nitriles is 1. The molecule has 4 nitrogen and oxygen atoms in total. The minimum atomic E-state index is 0.212. The number of rotatable bonds is 6. The summed E-state index contributed by atoms with van der Waals surface area (Å²) in [6, 6.07) is 6.72. The van der Waals surface area contributed by atoms with Gasteiger partial charge in [0.1, 0.15) is 0 Å². The van der Waals surface area contributed by atoms with Crippen molar-refractivity contribution in [1.82, 2.24) is 10.3 Å². The van der Waals surface area contributed by atoms with Crippen LogP contribution in [0.2, 0.25) is 0 Å². The third-order valence-electron chi connectivity index (χ3n) is 5.25. The Balaban J connectivity index is 1.70. The fraction of sp³-hybridized carbons (Fsp3) is 0.600. The van der Waals surface area contributed by atoms with Crippen molar-refractivity contribution in [2.45, 2.75) is 52.5 Å². The summed E-state index contributed by atoms with van der Waals surface area (Å²) in [5.41, 5.74) is 4.38. The first-order chi connectivity index (χ1) is 11.4. The smallest absolute Gasteiger partial charge is 0.0859 e. The van der Waals surface area contributed by atoms with E-state index in [4.69, 9.17) is 10.2 Å². The molecule has 0 spiro atoms. The second kappa shape index (κ2) is 6.47. The van der Waals surface area contributed by atoms with E-state index in [1.807, 2.05) is 0 Å². The molecule has 0 aromatic carbocycles. The SMILES string of the molecule is C=C(NC(CC#N)C1CC1)c1ccc(N2CCC(C)(C)C2)c(C)n1. The Morgan fingerprint density at radius 2 is 2.25 bits per heavy atom. The van der Waals surface area contributed by atoms with E-state index in [1.54, 1.807) is 0 Å². The van der Waals surface area contributed by atoms with E-state index in [-0.39, 0.29) is 6.04 Å². The molecule has 1 saturated carbocycles. The molecule has 1 aliphatic carbocycles. The molecule has 3 rings (SSSR count). The van der Waals surface area contributed by atoms with Crippen LogP contribution in [0.15, 0.2) is 18.7 Å². The summed E-state index contributed by atoms with van der Waals surface area (Å²) in [7, 11) is 0. The van der Waals surface area contributed by atoms with Crippen LogP contribution in [0.25, 0.3) is 5.70 Å². The van der Waals surface area contributed by atoms with E-state index in [2.05, 4.69) is 55.8 Å². The molecule has 1 aliphatic heterocycles. The number of aryl methyl sites for hydroxylation is 1. The van der Waals surface area contributed by atoms with Gasteiger partial charge in [-0.15, -0.1) is 0 Å². The highest BCUT2D eigenvalue weighted by molar-refractivity contribution is 5.62. The van der Waals surface area contributed by atoms with Crippen molar-refractivity contribution in [3.05, 3.63) is 30.1 Å². The highest BCUT2D eigenvalue weighted by atomic mass is 15.2. The van der Waals surface area contributed by atoms with Gasteiger partial charge in [0.25, 0.3) is 0 Å². The number of aromatic nitrogens is 1. The molecule has 1 unspecified atom stereocenters. The van der Waals surface area contributed by atoms with Crippen LogP contribution in [0.1, 0.15) is 50.9 Å². The molecule has 1 atom stereocenters. The van der Waals surface area contributed by atoms with Crippen LogP contribution in [-0.4, -0.2) is 24.1 Å². The van der Waals surface area contributed by atoms with Crippen LogP contribution in [0, 0.1) is 29.6 Å². The average Bonchev–Trinajstić information content (AvgIpc) is 3.30. The summed E-state index contributed by atoms with van der Waals surface area (Å²) >= 11 is 0. The second-order valence-corrected chi connectivity index (χ2v) is 8.07. The van der Waals surface area contributed by atoms with Crippen LogP contribution < -0.4 is 10.2 Å². The number of hydrogen-bond donors (Lipinski definition) is 1. The molecule has 1 aromatic heterocycles. The van der Waals surface area contributed by atoms with Crippen LogP contribution in [-0.2, 0) is 0 Å². The summed E-state index contributed by atoms with van der Waals surface area (Å²) in [6.07, 6.45) is 4.18. The first kappa shape index (κ1) is 16.8. The highest BCUT2D eigenvalue weighted by Gasteiger charge is 2.32. The summed E-state index contributed by atoms with van der Waals surface area (Å²) in [5, 5.41) is 12.4. The Labute approximate surface area is 145 Å². The lowest BCUT2D eigenvalue weighted by Gasteiger charge is -2.24. The molecule has 0 bridgehead atoms. The molecular formula is C20H28N4. The zero-order valence-electron chi connectivity index (χ0n) is 15.1. The molecule has 0 amide bonds.